The monoisotopic (exact) mass is 379 g/mol. The van der Waals surface area contributed by atoms with E-state index >= 15 is 0 Å². The lowest BCUT2D eigenvalue weighted by atomic mass is 9.95. The fraction of sp³-hybridized carbons (Fsp3) is 0.227. The summed E-state index contributed by atoms with van der Waals surface area (Å²) in [6.45, 7) is 6.13. The molecule has 6 heteroatoms. The van der Waals surface area contributed by atoms with Gasteiger partial charge in [-0.15, -0.1) is 0 Å². The number of halogens is 1. The highest BCUT2D eigenvalue weighted by molar-refractivity contribution is 5.87. The smallest absolute Gasteiger partial charge is 0.331 e. The van der Waals surface area contributed by atoms with Gasteiger partial charge in [0.05, 0.1) is 18.5 Å². The number of pyridine rings is 1. The van der Waals surface area contributed by atoms with Gasteiger partial charge in [0, 0.05) is 41.2 Å². The second-order valence-corrected chi connectivity index (χ2v) is 7.33. The predicted octanol–water partition coefficient (Wildman–Crippen LogP) is 4.69. The third-order valence-electron chi connectivity index (χ3n) is 4.21. The number of aromatic nitrogens is 3. The Kier molecular flexibility index (Phi) is 5.40. The molecule has 5 nitrogen and oxygen atoms in total. The van der Waals surface area contributed by atoms with Gasteiger partial charge in [0.1, 0.15) is 11.6 Å². The Hall–Kier alpha value is -3.28. The van der Waals surface area contributed by atoms with E-state index in [-0.39, 0.29) is 11.2 Å². The highest BCUT2D eigenvalue weighted by atomic mass is 19.1. The van der Waals surface area contributed by atoms with Gasteiger partial charge < -0.3 is 9.30 Å². The van der Waals surface area contributed by atoms with Crippen LogP contribution in [-0.2, 0) is 14.9 Å². The van der Waals surface area contributed by atoms with Crippen LogP contribution in [0.3, 0.4) is 0 Å². The van der Waals surface area contributed by atoms with Crippen molar-refractivity contribution in [2.45, 2.75) is 26.2 Å². The Morgan fingerprint density at radius 2 is 1.71 bits per heavy atom. The van der Waals surface area contributed by atoms with Crippen molar-refractivity contribution >= 4 is 12.2 Å². The van der Waals surface area contributed by atoms with Crippen LogP contribution in [0.2, 0.25) is 0 Å². The molecule has 1 aromatic carbocycles. The highest BCUT2D eigenvalue weighted by Gasteiger charge is 2.26. The topological polar surface area (TPSA) is 57.0 Å². The summed E-state index contributed by atoms with van der Waals surface area (Å²) < 4.78 is 20.1. The number of carbonyl (C=O) groups excluding carboxylic acids is 1. The Morgan fingerprint density at radius 1 is 1.07 bits per heavy atom. The number of imidazole rings is 1. The van der Waals surface area contributed by atoms with E-state index in [1.807, 2.05) is 37.5 Å². The molecule has 3 rings (SSSR count). The first kappa shape index (κ1) is 19.5. The maximum Gasteiger partial charge on any atom is 0.331 e. The van der Waals surface area contributed by atoms with Crippen molar-refractivity contribution in [1.29, 1.82) is 0 Å². The average molecular weight is 379 g/mol. The average Bonchev–Trinajstić information content (AvgIpc) is 3.07. The molecule has 0 aliphatic heterocycles. The van der Waals surface area contributed by atoms with Crippen molar-refractivity contribution in [3.63, 3.8) is 0 Å². The van der Waals surface area contributed by atoms with Gasteiger partial charge in [-0.05, 0) is 36.4 Å². The normalized spacial score (nSPS) is 11.8. The predicted molar refractivity (Wildman–Crippen MR) is 107 cm³/mol. The van der Waals surface area contributed by atoms with Gasteiger partial charge in [-0.3, -0.25) is 4.98 Å². The molecule has 0 saturated carbocycles. The van der Waals surface area contributed by atoms with Crippen LogP contribution in [0.15, 0.2) is 54.9 Å². The molecule has 2 heterocycles. The van der Waals surface area contributed by atoms with Gasteiger partial charge in [0.15, 0.2) is 0 Å². The summed E-state index contributed by atoms with van der Waals surface area (Å²) in [6.07, 6.45) is 6.39. The van der Waals surface area contributed by atoms with E-state index in [0.717, 1.165) is 28.3 Å². The number of rotatable bonds is 4. The van der Waals surface area contributed by atoms with Gasteiger partial charge in [-0.2, -0.15) is 0 Å². The fourth-order valence-electron chi connectivity index (χ4n) is 2.90. The Morgan fingerprint density at radius 3 is 2.29 bits per heavy atom. The summed E-state index contributed by atoms with van der Waals surface area (Å²) in [5, 5.41) is 0. The summed E-state index contributed by atoms with van der Waals surface area (Å²) in [7, 11) is 1.33. The van der Waals surface area contributed by atoms with Crippen LogP contribution in [0, 0.1) is 5.82 Å². The molecule has 144 valence electrons. The Balaban J connectivity index is 2.33. The Bertz CT molecular complexity index is 1000. The van der Waals surface area contributed by atoms with Crippen molar-refractivity contribution < 1.29 is 13.9 Å². The number of esters is 1. The number of carbonyl (C=O) groups is 1. The van der Waals surface area contributed by atoms with Crippen LogP contribution in [0.5, 0.6) is 0 Å². The molecule has 0 aliphatic carbocycles. The minimum atomic E-state index is -0.468. The third kappa shape index (κ3) is 4.01. The second-order valence-electron chi connectivity index (χ2n) is 7.33. The zero-order chi connectivity index (χ0) is 20.3. The van der Waals surface area contributed by atoms with E-state index in [9.17, 15) is 9.18 Å². The van der Waals surface area contributed by atoms with Crippen LogP contribution < -0.4 is 0 Å². The molecule has 0 unspecified atom stereocenters. The molecule has 0 N–H and O–H groups in total. The molecule has 0 spiro atoms. The first-order valence-electron chi connectivity index (χ1n) is 8.86. The summed E-state index contributed by atoms with van der Waals surface area (Å²) >= 11 is 0. The summed E-state index contributed by atoms with van der Waals surface area (Å²) in [4.78, 5) is 20.7. The quantitative estimate of drug-likeness (QED) is 0.487. The summed E-state index contributed by atoms with van der Waals surface area (Å²) in [5.41, 5.74) is 2.85. The molecular formula is C22H22FN3O2. The van der Waals surface area contributed by atoms with Crippen molar-refractivity contribution in [2.75, 3.05) is 7.11 Å². The highest BCUT2D eigenvalue weighted by Crippen LogP contribution is 2.36. The molecule has 3 aromatic rings. The summed E-state index contributed by atoms with van der Waals surface area (Å²) in [6, 6.07) is 9.96. The van der Waals surface area contributed by atoms with E-state index in [2.05, 4.69) is 4.98 Å². The molecule has 28 heavy (non-hydrogen) atoms. The third-order valence-corrected chi connectivity index (χ3v) is 4.21. The van der Waals surface area contributed by atoms with Crippen LogP contribution in [0.1, 0.15) is 26.6 Å². The number of methoxy groups -OCH3 is 1. The minimum Gasteiger partial charge on any atom is -0.466 e. The van der Waals surface area contributed by atoms with Crippen molar-refractivity contribution in [1.82, 2.24) is 14.5 Å². The minimum absolute atomic E-state index is 0.305. The zero-order valence-electron chi connectivity index (χ0n) is 16.3. The molecule has 0 atom stereocenters. The summed E-state index contributed by atoms with van der Waals surface area (Å²) in [5.74, 6) is -0.0238. The first-order chi connectivity index (χ1) is 13.3. The number of hydrogen-bond acceptors (Lipinski definition) is 4. The van der Waals surface area contributed by atoms with Gasteiger partial charge in [-0.25, -0.2) is 14.2 Å². The molecule has 0 fully saturated rings. The molecule has 2 aromatic heterocycles. The molecule has 0 aliphatic rings. The molecule has 0 amide bonds. The molecule has 0 radical (unpaired) electrons. The van der Waals surface area contributed by atoms with Gasteiger partial charge in [0.2, 0.25) is 0 Å². The van der Waals surface area contributed by atoms with Crippen LogP contribution in [0.25, 0.3) is 28.7 Å². The van der Waals surface area contributed by atoms with E-state index < -0.39 is 5.97 Å². The zero-order valence-corrected chi connectivity index (χ0v) is 16.3. The van der Waals surface area contributed by atoms with E-state index in [0.29, 0.717) is 0 Å². The fourth-order valence-corrected chi connectivity index (χ4v) is 2.90. The van der Waals surface area contributed by atoms with Gasteiger partial charge in [-0.1, -0.05) is 20.8 Å². The van der Waals surface area contributed by atoms with Gasteiger partial charge >= 0.3 is 5.97 Å². The number of benzene rings is 1. The number of nitrogens with zero attached hydrogens (tertiary/aromatic N) is 3. The lowest BCUT2D eigenvalue weighted by Gasteiger charge is -2.19. The van der Waals surface area contributed by atoms with E-state index in [1.54, 1.807) is 30.7 Å². The van der Waals surface area contributed by atoms with Gasteiger partial charge in [0.25, 0.3) is 0 Å². The van der Waals surface area contributed by atoms with Crippen molar-refractivity contribution in [3.05, 3.63) is 66.5 Å². The largest absolute Gasteiger partial charge is 0.466 e. The van der Waals surface area contributed by atoms with Crippen molar-refractivity contribution in [3.8, 4) is 22.5 Å². The van der Waals surface area contributed by atoms with E-state index in [4.69, 9.17) is 9.72 Å². The van der Waals surface area contributed by atoms with Crippen LogP contribution in [-0.4, -0.2) is 27.6 Å². The maximum absolute atomic E-state index is 13.5. The maximum atomic E-state index is 13.5. The van der Waals surface area contributed by atoms with Crippen LogP contribution in [0.4, 0.5) is 4.39 Å². The first-order valence-corrected chi connectivity index (χ1v) is 8.86. The molecular weight excluding hydrogens is 357 g/mol. The Labute approximate surface area is 163 Å². The lowest BCUT2D eigenvalue weighted by molar-refractivity contribution is -0.134. The molecule has 0 saturated heterocycles. The number of ether oxygens (including phenoxy) is 1. The van der Waals surface area contributed by atoms with E-state index in [1.165, 1.54) is 25.3 Å². The standard InChI is InChI=1S/C22H22FN3O2/c1-22(2,3)21-25-19(15-9-12-24-13-10-15)20(16-5-7-17(23)8-6-16)26(21)14-11-18(27)28-4/h5-14H,1-4H3. The molecule has 0 bridgehead atoms. The lowest BCUT2D eigenvalue weighted by Crippen LogP contribution is -2.17. The second kappa shape index (κ2) is 7.76. The van der Waals surface area contributed by atoms with Crippen LogP contribution >= 0.6 is 0 Å². The SMILES string of the molecule is COC(=O)C=Cn1c(C(C)(C)C)nc(-c2ccncc2)c1-c1ccc(F)cc1. The number of hydrogen-bond donors (Lipinski definition) is 0. The van der Waals surface area contributed by atoms with Crippen molar-refractivity contribution in [2.24, 2.45) is 0 Å².